The van der Waals surface area contributed by atoms with Crippen LogP contribution in [0.2, 0.25) is 0 Å². The molecule has 0 aliphatic heterocycles. The standard InChI is InChI=1S/C10H12N4/c1-2-4-9-5-8-14(13-9)10-11-6-3-7-12-10/h3,5-8H,2,4H2,1H3. The minimum atomic E-state index is 0.620. The Balaban J connectivity index is 2.25. The molecule has 4 heteroatoms. The molecule has 0 atom stereocenters. The van der Waals surface area contributed by atoms with E-state index in [0.717, 1.165) is 18.5 Å². The molecule has 72 valence electrons. The summed E-state index contributed by atoms with van der Waals surface area (Å²) in [6, 6.07) is 3.79. The molecule has 0 spiro atoms. The lowest BCUT2D eigenvalue weighted by molar-refractivity contribution is 0.768. The van der Waals surface area contributed by atoms with E-state index in [1.807, 2.05) is 12.3 Å². The van der Waals surface area contributed by atoms with Gasteiger partial charge in [0, 0.05) is 18.6 Å². The molecule has 0 unspecified atom stereocenters. The van der Waals surface area contributed by atoms with Crippen molar-refractivity contribution in [1.29, 1.82) is 0 Å². The predicted molar refractivity (Wildman–Crippen MR) is 53.1 cm³/mol. The molecule has 0 saturated heterocycles. The average molecular weight is 188 g/mol. The Bertz CT molecular complexity index is 394. The summed E-state index contributed by atoms with van der Waals surface area (Å²) in [5, 5.41) is 4.36. The predicted octanol–water partition coefficient (Wildman–Crippen LogP) is 1.61. The van der Waals surface area contributed by atoms with E-state index in [2.05, 4.69) is 22.0 Å². The highest BCUT2D eigenvalue weighted by molar-refractivity contribution is 5.11. The Hall–Kier alpha value is -1.71. The fourth-order valence-electron chi connectivity index (χ4n) is 1.27. The first-order chi connectivity index (χ1) is 6.90. The molecular formula is C10H12N4. The van der Waals surface area contributed by atoms with Crippen molar-refractivity contribution in [3.63, 3.8) is 0 Å². The lowest BCUT2D eigenvalue weighted by Gasteiger charge is -1.96. The maximum Gasteiger partial charge on any atom is 0.250 e. The zero-order chi connectivity index (χ0) is 9.80. The van der Waals surface area contributed by atoms with E-state index in [9.17, 15) is 0 Å². The molecular weight excluding hydrogens is 176 g/mol. The zero-order valence-electron chi connectivity index (χ0n) is 8.09. The maximum absolute atomic E-state index is 4.36. The number of aromatic nitrogens is 4. The summed E-state index contributed by atoms with van der Waals surface area (Å²) in [6.45, 7) is 2.14. The first-order valence-corrected chi connectivity index (χ1v) is 4.72. The van der Waals surface area contributed by atoms with Crippen molar-refractivity contribution < 1.29 is 0 Å². The van der Waals surface area contributed by atoms with Gasteiger partial charge in [-0.15, -0.1) is 0 Å². The summed E-state index contributed by atoms with van der Waals surface area (Å²) >= 11 is 0. The molecule has 0 bridgehead atoms. The van der Waals surface area contributed by atoms with Crippen LogP contribution in [0.4, 0.5) is 0 Å². The second-order valence-electron chi connectivity index (χ2n) is 3.05. The van der Waals surface area contributed by atoms with Crippen LogP contribution in [0.1, 0.15) is 19.0 Å². The number of nitrogens with zero attached hydrogens (tertiary/aromatic N) is 4. The summed E-state index contributed by atoms with van der Waals surface area (Å²) in [6.07, 6.45) is 7.42. The molecule has 0 aromatic carbocycles. The topological polar surface area (TPSA) is 43.6 Å². The van der Waals surface area contributed by atoms with Crippen LogP contribution in [-0.2, 0) is 6.42 Å². The van der Waals surface area contributed by atoms with Crippen LogP contribution in [0.3, 0.4) is 0 Å². The van der Waals surface area contributed by atoms with Crippen molar-refractivity contribution in [2.45, 2.75) is 19.8 Å². The molecule has 0 N–H and O–H groups in total. The van der Waals surface area contributed by atoms with Gasteiger partial charge in [0.2, 0.25) is 5.95 Å². The van der Waals surface area contributed by atoms with Crippen LogP contribution < -0.4 is 0 Å². The molecule has 2 aromatic heterocycles. The van der Waals surface area contributed by atoms with Gasteiger partial charge in [-0.2, -0.15) is 5.10 Å². The molecule has 2 aromatic rings. The lowest BCUT2D eigenvalue weighted by atomic mass is 10.3. The monoisotopic (exact) mass is 188 g/mol. The van der Waals surface area contributed by atoms with Crippen molar-refractivity contribution >= 4 is 0 Å². The van der Waals surface area contributed by atoms with Gasteiger partial charge < -0.3 is 0 Å². The Morgan fingerprint density at radius 1 is 1.29 bits per heavy atom. The fourth-order valence-corrected chi connectivity index (χ4v) is 1.27. The number of rotatable bonds is 3. The van der Waals surface area contributed by atoms with Gasteiger partial charge in [-0.1, -0.05) is 13.3 Å². The van der Waals surface area contributed by atoms with E-state index in [0.29, 0.717) is 5.95 Å². The highest BCUT2D eigenvalue weighted by atomic mass is 15.3. The third-order valence-electron chi connectivity index (χ3n) is 1.91. The summed E-state index contributed by atoms with van der Waals surface area (Å²) < 4.78 is 1.70. The highest BCUT2D eigenvalue weighted by Crippen LogP contribution is 2.02. The molecule has 2 heterocycles. The van der Waals surface area contributed by atoms with Gasteiger partial charge in [0.05, 0.1) is 5.69 Å². The molecule has 0 radical (unpaired) electrons. The van der Waals surface area contributed by atoms with E-state index in [-0.39, 0.29) is 0 Å². The van der Waals surface area contributed by atoms with Crippen LogP contribution in [-0.4, -0.2) is 19.7 Å². The number of hydrogen-bond acceptors (Lipinski definition) is 3. The quantitative estimate of drug-likeness (QED) is 0.735. The zero-order valence-corrected chi connectivity index (χ0v) is 8.09. The Morgan fingerprint density at radius 3 is 2.79 bits per heavy atom. The first-order valence-electron chi connectivity index (χ1n) is 4.72. The summed E-state index contributed by atoms with van der Waals surface area (Å²) in [4.78, 5) is 8.22. The third-order valence-corrected chi connectivity index (χ3v) is 1.91. The maximum atomic E-state index is 4.36. The van der Waals surface area contributed by atoms with E-state index in [1.54, 1.807) is 23.1 Å². The van der Waals surface area contributed by atoms with Gasteiger partial charge in [0.1, 0.15) is 0 Å². The SMILES string of the molecule is CCCc1ccn(-c2ncccn2)n1. The smallest absolute Gasteiger partial charge is 0.220 e. The summed E-state index contributed by atoms with van der Waals surface area (Å²) in [5.74, 6) is 0.620. The molecule has 2 rings (SSSR count). The van der Waals surface area contributed by atoms with Crippen molar-refractivity contribution in [3.05, 3.63) is 36.4 Å². The van der Waals surface area contributed by atoms with Crippen LogP contribution in [0.25, 0.3) is 5.95 Å². The molecule has 0 aliphatic carbocycles. The van der Waals surface area contributed by atoms with E-state index < -0.39 is 0 Å². The summed E-state index contributed by atoms with van der Waals surface area (Å²) in [7, 11) is 0. The lowest BCUT2D eigenvalue weighted by Crippen LogP contribution is -2.01. The number of hydrogen-bond donors (Lipinski definition) is 0. The second kappa shape index (κ2) is 4.00. The van der Waals surface area contributed by atoms with Gasteiger partial charge in [-0.3, -0.25) is 0 Å². The van der Waals surface area contributed by atoms with Crippen molar-refractivity contribution in [1.82, 2.24) is 19.7 Å². The van der Waals surface area contributed by atoms with E-state index in [1.165, 1.54) is 0 Å². The van der Waals surface area contributed by atoms with Crippen molar-refractivity contribution in [3.8, 4) is 5.95 Å². The normalized spacial score (nSPS) is 10.4. The number of aryl methyl sites for hydroxylation is 1. The van der Waals surface area contributed by atoms with Crippen molar-refractivity contribution in [2.75, 3.05) is 0 Å². The van der Waals surface area contributed by atoms with E-state index >= 15 is 0 Å². The van der Waals surface area contributed by atoms with Gasteiger partial charge in [0.25, 0.3) is 0 Å². The molecule has 0 fully saturated rings. The van der Waals surface area contributed by atoms with Gasteiger partial charge in [-0.05, 0) is 18.6 Å². The first kappa shape index (κ1) is 8.87. The average Bonchev–Trinajstić information content (AvgIpc) is 2.68. The van der Waals surface area contributed by atoms with Gasteiger partial charge >= 0.3 is 0 Å². The van der Waals surface area contributed by atoms with E-state index in [4.69, 9.17) is 0 Å². The van der Waals surface area contributed by atoms with Crippen LogP contribution in [0, 0.1) is 0 Å². The molecule has 0 saturated carbocycles. The van der Waals surface area contributed by atoms with Crippen LogP contribution >= 0.6 is 0 Å². The molecule has 4 nitrogen and oxygen atoms in total. The Kier molecular flexibility index (Phi) is 2.53. The highest BCUT2D eigenvalue weighted by Gasteiger charge is 2.01. The van der Waals surface area contributed by atoms with Crippen molar-refractivity contribution in [2.24, 2.45) is 0 Å². The Morgan fingerprint density at radius 2 is 2.07 bits per heavy atom. The van der Waals surface area contributed by atoms with Gasteiger partial charge in [0.15, 0.2) is 0 Å². The molecule has 0 aliphatic rings. The fraction of sp³-hybridized carbons (Fsp3) is 0.300. The summed E-state index contributed by atoms with van der Waals surface area (Å²) in [5.41, 5.74) is 1.08. The van der Waals surface area contributed by atoms with Gasteiger partial charge in [-0.25, -0.2) is 14.6 Å². The second-order valence-corrected chi connectivity index (χ2v) is 3.05. The Labute approximate surface area is 82.6 Å². The molecule has 0 amide bonds. The largest absolute Gasteiger partial charge is 0.250 e. The van der Waals surface area contributed by atoms with Crippen LogP contribution in [0.15, 0.2) is 30.7 Å². The minimum absolute atomic E-state index is 0.620. The minimum Gasteiger partial charge on any atom is -0.220 e. The molecule has 14 heavy (non-hydrogen) atoms. The van der Waals surface area contributed by atoms with Crippen LogP contribution in [0.5, 0.6) is 0 Å². The third kappa shape index (κ3) is 1.79.